The first kappa shape index (κ1) is 15.0. The smallest absolute Gasteiger partial charge is 0.477 e. The maximum atomic E-state index is 12.2. The number of aromatic carboxylic acids is 1. The lowest BCUT2D eigenvalue weighted by Gasteiger charge is -2.09. The fourth-order valence-corrected chi connectivity index (χ4v) is 2.43. The minimum Gasteiger partial charge on any atom is -0.477 e. The number of ether oxygens (including phenoxy) is 1. The second-order valence-corrected chi connectivity index (χ2v) is 4.80. The van der Waals surface area contributed by atoms with Gasteiger partial charge in [-0.2, -0.15) is 0 Å². The lowest BCUT2D eigenvalue weighted by atomic mass is 10.0. The van der Waals surface area contributed by atoms with E-state index in [0.717, 1.165) is 12.1 Å². The van der Waals surface area contributed by atoms with Crippen molar-refractivity contribution in [2.45, 2.75) is 6.36 Å². The number of nitrogens with one attached hydrogen (secondary N) is 1. The zero-order valence-electron chi connectivity index (χ0n) is 11.5. The number of rotatable bonds is 3. The first-order chi connectivity index (χ1) is 10.8. The zero-order valence-corrected chi connectivity index (χ0v) is 11.5. The van der Waals surface area contributed by atoms with Crippen molar-refractivity contribution in [2.24, 2.45) is 0 Å². The van der Waals surface area contributed by atoms with Crippen molar-refractivity contribution in [3.63, 3.8) is 0 Å². The van der Waals surface area contributed by atoms with Crippen LogP contribution in [0.15, 0.2) is 48.5 Å². The van der Waals surface area contributed by atoms with E-state index in [1.807, 2.05) is 0 Å². The summed E-state index contributed by atoms with van der Waals surface area (Å²) in [6.45, 7) is 0. The summed E-state index contributed by atoms with van der Waals surface area (Å²) in [6.07, 6.45) is -4.77. The number of benzene rings is 2. The number of alkyl halides is 3. The molecule has 2 aromatic carbocycles. The van der Waals surface area contributed by atoms with Crippen molar-refractivity contribution in [1.29, 1.82) is 0 Å². The van der Waals surface area contributed by atoms with Gasteiger partial charge in [-0.15, -0.1) is 13.2 Å². The topological polar surface area (TPSA) is 62.3 Å². The molecule has 0 radical (unpaired) electrons. The van der Waals surface area contributed by atoms with Gasteiger partial charge in [-0.1, -0.05) is 30.3 Å². The maximum Gasteiger partial charge on any atom is 0.573 e. The van der Waals surface area contributed by atoms with Crippen LogP contribution >= 0.6 is 0 Å². The summed E-state index contributed by atoms with van der Waals surface area (Å²) in [5.74, 6) is -1.51. The number of hydrogen-bond acceptors (Lipinski definition) is 2. The third-order valence-corrected chi connectivity index (χ3v) is 3.30. The van der Waals surface area contributed by atoms with E-state index in [2.05, 4.69) is 9.72 Å². The molecule has 0 spiro atoms. The summed E-state index contributed by atoms with van der Waals surface area (Å²) < 4.78 is 40.4. The van der Waals surface area contributed by atoms with Crippen LogP contribution in [0.5, 0.6) is 5.75 Å². The van der Waals surface area contributed by atoms with Gasteiger partial charge in [-0.3, -0.25) is 0 Å². The predicted octanol–water partition coefficient (Wildman–Crippen LogP) is 4.43. The van der Waals surface area contributed by atoms with E-state index >= 15 is 0 Å². The molecule has 0 amide bonds. The third kappa shape index (κ3) is 2.98. The molecule has 0 fully saturated rings. The van der Waals surface area contributed by atoms with Gasteiger partial charge < -0.3 is 14.8 Å². The molecule has 23 heavy (non-hydrogen) atoms. The second-order valence-electron chi connectivity index (χ2n) is 4.80. The Hall–Kier alpha value is -2.96. The third-order valence-electron chi connectivity index (χ3n) is 3.30. The fraction of sp³-hybridized carbons (Fsp3) is 0.0625. The van der Waals surface area contributed by atoms with E-state index in [1.54, 1.807) is 24.3 Å². The molecule has 0 aliphatic heterocycles. The molecule has 3 rings (SSSR count). The van der Waals surface area contributed by atoms with Crippen molar-refractivity contribution in [3.8, 4) is 16.9 Å². The molecule has 7 heteroatoms. The standard InChI is InChI=1S/C16H10F3NO3/c17-16(18,19)23-10-7-5-9(6-8-10)13-11-3-1-2-4-12(11)20-14(13)15(21)22/h1-8,20H,(H,21,22). The summed E-state index contributed by atoms with van der Waals surface area (Å²) in [4.78, 5) is 14.2. The fourth-order valence-electron chi connectivity index (χ4n) is 2.43. The summed E-state index contributed by atoms with van der Waals surface area (Å²) in [5.41, 5.74) is 1.52. The van der Waals surface area contributed by atoms with Crippen LogP contribution < -0.4 is 4.74 Å². The molecule has 0 atom stereocenters. The van der Waals surface area contributed by atoms with Crippen LogP contribution in [0, 0.1) is 0 Å². The van der Waals surface area contributed by atoms with E-state index in [9.17, 15) is 23.1 Å². The van der Waals surface area contributed by atoms with Gasteiger partial charge in [-0.05, 0) is 23.8 Å². The van der Waals surface area contributed by atoms with Gasteiger partial charge in [0.2, 0.25) is 0 Å². The molecule has 0 saturated heterocycles. The molecule has 1 aromatic heterocycles. The van der Waals surface area contributed by atoms with Crippen LogP contribution in [-0.2, 0) is 0 Å². The molecule has 0 unspecified atom stereocenters. The Bertz CT molecular complexity index is 866. The van der Waals surface area contributed by atoms with Crippen molar-refractivity contribution >= 4 is 16.9 Å². The number of carboxylic acids is 1. The highest BCUT2D eigenvalue weighted by Gasteiger charge is 2.31. The van der Waals surface area contributed by atoms with Crippen molar-refractivity contribution in [2.75, 3.05) is 0 Å². The van der Waals surface area contributed by atoms with Crippen molar-refractivity contribution < 1.29 is 27.8 Å². The van der Waals surface area contributed by atoms with Gasteiger partial charge in [0, 0.05) is 16.5 Å². The zero-order chi connectivity index (χ0) is 16.6. The van der Waals surface area contributed by atoms with Gasteiger partial charge in [0.1, 0.15) is 11.4 Å². The number of carboxylic acid groups (broad SMARTS) is 1. The molecular formula is C16H10F3NO3. The Morgan fingerprint density at radius 2 is 1.70 bits per heavy atom. The first-order valence-electron chi connectivity index (χ1n) is 6.55. The van der Waals surface area contributed by atoms with Crippen molar-refractivity contribution in [1.82, 2.24) is 4.98 Å². The average molecular weight is 321 g/mol. The number of hydrogen-bond donors (Lipinski definition) is 2. The number of carbonyl (C=O) groups is 1. The van der Waals surface area contributed by atoms with E-state index in [-0.39, 0.29) is 11.4 Å². The largest absolute Gasteiger partial charge is 0.573 e. The number of H-pyrrole nitrogens is 1. The van der Waals surface area contributed by atoms with E-state index in [1.165, 1.54) is 12.1 Å². The Balaban J connectivity index is 2.09. The highest BCUT2D eigenvalue weighted by Crippen LogP contribution is 2.34. The molecule has 0 bridgehead atoms. The second kappa shape index (κ2) is 5.35. The molecule has 1 heterocycles. The molecule has 4 nitrogen and oxygen atoms in total. The predicted molar refractivity (Wildman–Crippen MR) is 77.4 cm³/mol. The summed E-state index contributed by atoms with van der Waals surface area (Å²) >= 11 is 0. The lowest BCUT2D eigenvalue weighted by Crippen LogP contribution is -2.16. The summed E-state index contributed by atoms with van der Waals surface area (Å²) in [7, 11) is 0. The number of halogens is 3. The lowest BCUT2D eigenvalue weighted by molar-refractivity contribution is -0.274. The number of para-hydroxylation sites is 1. The number of aromatic amines is 1. The van der Waals surface area contributed by atoms with Gasteiger partial charge in [0.05, 0.1) is 0 Å². The van der Waals surface area contributed by atoms with Crippen molar-refractivity contribution in [3.05, 3.63) is 54.2 Å². The molecule has 0 aliphatic rings. The quantitative estimate of drug-likeness (QED) is 0.750. The van der Waals surface area contributed by atoms with Gasteiger partial charge in [0.25, 0.3) is 0 Å². The molecule has 2 N–H and O–H groups in total. The van der Waals surface area contributed by atoms with Gasteiger partial charge >= 0.3 is 12.3 Å². The van der Waals surface area contributed by atoms with Crippen LogP contribution in [0.2, 0.25) is 0 Å². The number of fused-ring (bicyclic) bond motifs is 1. The SMILES string of the molecule is O=C(O)c1[nH]c2ccccc2c1-c1ccc(OC(F)(F)F)cc1. The number of aromatic nitrogens is 1. The molecular weight excluding hydrogens is 311 g/mol. The molecule has 0 saturated carbocycles. The summed E-state index contributed by atoms with van der Waals surface area (Å²) in [5, 5.41) is 10.0. The van der Waals surface area contributed by atoms with Crippen LogP contribution in [0.25, 0.3) is 22.0 Å². The normalized spacial score (nSPS) is 11.6. The molecule has 118 valence electrons. The maximum absolute atomic E-state index is 12.2. The highest BCUT2D eigenvalue weighted by atomic mass is 19.4. The van der Waals surface area contributed by atoms with E-state index in [0.29, 0.717) is 22.0 Å². The molecule has 3 aromatic rings. The van der Waals surface area contributed by atoms with Crippen LogP contribution in [0.1, 0.15) is 10.5 Å². The molecule has 0 aliphatic carbocycles. The van der Waals surface area contributed by atoms with Crippen LogP contribution in [0.3, 0.4) is 0 Å². The highest BCUT2D eigenvalue weighted by molar-refractivity contribution is 6.07. The van der Waals surface area contributed by atoms with E-state index < -0.39 is 12.3 Å². The van der Waals surface area contributed by atoms with Crippen LogP contribution in [0.4, 0.5) is 13.2 Å². The minimum absolute atomic E-state index is 0.0179. The summed E-state index contributed by atoms with van der Waals surface area (Å²) in [6, 6.07) is 12.1. The Labute approximate surface area is 128 Å². The van der Waals surface area contributed by atoms with E-state index in [4.69, 9.17) is 0 Å². The monoisotopic (exact) mass is 321 g/mol. The van der Waals surface area contributed by atoms with Gasteiger partial charge in [0.15, 0.2) is 0 Å². The van der Waals surface area contributed by atoms with Crippen LogP contribution in [-0.4, -0.2) is 22.4 Å². The minimum atomic E-state index is -4.77. The Morgan fingerprint density at radius 1 is 1.04 bits per heavy atom. The Morgan fingerprint density at radius 3 is 2.30 bits per heavy atom. The van der Waals surface area contributed by atoms with Gasteiger partial charge in [-0.25, -0.2) is 4.79 Å². The average Bonchev–Trinajstić information content (AvgIpc) is 2.86. The first-order valence-corrected chi connectivity index (χ1v) is 6.55. The Kier molecular flexibility index (Phi) is 3.48.